The molecule has 2 heterocycles. The maximum Gasteiger partial charge on any atom is 0.329 e. The number of nitrogens with one attached hydrogen (secondary N) is 2. The Labute approximate surface area is 108 Å². The Morgan fingerprint density at radius 1 is 1.39 bits per heavy atom. The lowest BCUT2D eigenvalue weighted by Crippen LogP contribution is -2.32. The zero-order valence-corrected chi connectivity index (χ0v) is 11.2. The molecule has 0 saturated heterocycles. The lowest BCUT2D eigenvalue weighted by atomic mass is 10.3. The number of hydrogen-bond donors (Lipinski definition) is 2. The fourth-order valence-electron chi connectivity index (χ4n) is 1.83. The SMILES string of the molecule is CCCCNCCn1c(=O)[nH]c(=O)c2ccsc21. The van der Waals surface area contributed by atoms with E-state index in [1.807, 2.05) is 5.38 Å². The van der Waals surface area contributed by atoms with Crippen molar-refractivity contribution in [2.75, 3.05) is 13.1 Å². The number of hydrogen-bond acceptors (Lipinski definition) is 4. The predicted octanol–water partition coefficient (Wildman–Crippen LogP) is 1.14. The van der Waals surface area contributed by atoms with E-state index in [1.54, 1.807) is 10.6 Å². The fraction of sp³-hybridized carbons (Fsp3) is 0.500. The molecule has 0 atom stereocenters. The number of unbranched alkanes of at least 4 members (excludes halogenated alkanes) is 1. The normalized spacial score (nSPS) is 11.2. The van der Waals surface area contributed by atoms with Crippen LogP contribution in [0.25, 0.3) is 10.2 Å². The highest BCUT2D eigenvalue weighted by Gasteiger charge is 2.07. The lowest BCUT2D eigenvalue weighted by Gasteiger charge is -2.07. The quantitative estimate of drug-likeness (QED) is 0.771. The summed E-state index contributed by atoms with van der Waals surface area (Å²) in [4.78, 5) is 26.4. The van der Waals surface area contributed by atoms with Gasteiger partial charge in [-0.25, -0.2) is 4.79 Å². The van der Waals surface area contributed by atoms with Crippen molar-refractivity contribution in [1.29, 1.82) is 0 Å². The van der Waals surface area contributed by atoms with Crippen LogP contribution in [0.15, 0.2) is 21.0 Å². The van der Waals surface area contributed by atoms with Crippen LogP contribution < -0.4 is 16.6 Å². The van der Waals surface area contributed by atoms with Crippen LogP contribution in [0, 0.1) is 0 Å². The van der Waals surface area contributed by atoms with Gasteiger partial charge in [-0.3, -0.25) is 14.3 Å². The maximum atomic E-state index is 11.8. The average Bonchev–Trinajstić information content (AvgIpc) is 2.82. The van der Waals surface area contributed by atoms with Crippen LogP contribution in [-0.2, 0) is 6.54 Å². The highest BCUT2D eigenvalue weighted by atomic mass is 32.1. The summed E-state index contributed by atoms with van der Waals surface area (Å²) < 4.78 is 1.63. The third-order valence-corrected chi connectivity index (χ3v) is 3.76. The van der Waals surface area contributed by atoms with Gasteiger partial charge in [0.25, 0.3) is 5.56 Å². The van der Waals surface area contributed by atoms with Crippen LogP contribution in [0.1, 0.15) is 19.8 Å². The van der Waals surface area contributed by atoms with Crippen LogP contribution in [-0.4, -0.2) is 22.6 Å². The molecule has 2 N–H and O–H groups in total. The first-order valence-electron chi connectivity index (χ1n) is 6.15. The van der Waals surface area contributed by atoms with Gasteiger partial charge in [0.15, 0.2) is 0 Å². The number of rotatable bonds is 6. The first kappa shape index (κ1) is 13.0. The molecule has 0 aromatic carbocycles. The molecule has 2 aromatic heterocycles. The summed E-state index contributed by atoms with van der Waals surface area (Å²) in [5, 5.41) is 5.71. The molecule has 0 bridgehead atoms. The molecule has 18 heavy (non-hydrogen) atoms. The van der Waals surface area contributed by atoms with Crippen molar-refractivity contribution >= 4 is 21.6 Å². The smallest absolute Gasteiger partial charge is 0.315 e. The van der Waals surface area contributed by atoms with E-state index < -0.39 is 0 Å². The Kier molecular flexibility index (Phi) is 4.33. The van der Waals surface area contributed by atoms with Gasteiger partial charge < -0.3 is 5.32 Å². The Hall–Kier alpha value is -1.40. The molecule has 0 radical (unpaired) electrons. The third-order valence-electron chi connectivity index (χ3n) is 2.82. The van der Waals surface area contributed by atoms with Gasteiger partial charge in [-0.15, -0.1) is 11.3 Å². The molecule has 0 aliphatic carbocycles. The van der Waals surface area contributed by atoms with E-state index in [2.05, 4.69) is 17.2 Å². The van der Waals surface area contributed by atoms with Gasteiger partial charge in [0.2, 0.25) is 0 Å². The van der Waals surface area contributed by atoms with E-state index in [4.69, 9.17) is 0 Å². The predicted molar refractivity (Wildman–Crippen MR) is 74.5 cm³/mol. The second-order valence-corrected chi connectivity index (χ2v) is 5.05. The molecule has 0 aliphatic heterocycles. The molecule has 6 heteroatoms. The van der Waals surface area contributed by atoms with Crippen molar-refractivity contribution in [3.63, 3.8) is 0 Å². The van der Waals surface area contributed by atoms with Crippen molar-refractivity contribution in [2.45, 2.75) is 26.3 Å². The van der Waals surface area contributed by atoms with Gasteiger partial charge in [-0.2, -0.15) is 0 Å². The van der Waals surface area contributed by atoms with Crippen molar-refractivity contribution in [3.05, 3.63) is 32.3 Å². The van der Waals surface area contributed by atoms with Crippen LogP contribution in [0.5, 0.6) is 0 Å². The largest absolute Gasteiger partial charge is 0.329 e. The summed E-state index contributed by atoms with van der Waals surface area (Å²) in [5.41, 5.74) is -0.626. The lowest BCUT2D eigenvalue weighted by molar-refractivity contribution is 0.575. The Morgan fingerprint density at radius 2 is 2.22 bits per heavy atom. The number of aromatic amines is 1. The molecule has 0 unspecified atom stereocenters. The third kappa shape index (κ3) is 2.70. The number of nitrogens with zero attached hydrogens (tertiary/aromatic N) is 1. The number of thiophene rings is 1. The molecule has 2 aromatic rings. The minimum atomic E-state index is -0.327. The van der Waals surface area contributed by atoms with Crippen molar-refractivity contribution in [1.82, 2.24) is 14.9 Å². The highest BCUT2D eigenvalue weighted by molar-refractivity contribution is 7.16. The van der Waals surface area contributed by atoms with Crippen molar-refractivity contribution < 1.29 is 0 Å². The van der Waals surface area contributed by atoms with Crippen molar-refractivity contribution in [2.24, 2.45) is 0 Å². The van der Waals surface area contributed by atoms with Gasteiger partial charge >= 0.3 is 5.69 Å². The average molecular weight is 267 g/mol. The van der Waals surface area contributed by atoms with Gasteiger partial charge in [-0.05, 0) is 24.4 Å². The van der Waals surface area contributed by atoms with Gasteiger partial charge in [0.05, 0.1) is 5.39 Å². The van der Waals surface area contributed by atoms with Gasteiger partial charge in [0.1, 0.15) is 4.83 Å². The van der Waals surface area contributed by atoms with Crippen molar-refractivity contribution in [3.8, 4) is 0 Å². The first-order valence-corrected chi connectivity index (χ1v) is 7.03. The standard InChI is InChI=1S/C12H17N3O2S/c1-2-3-5-13-6-7-15-11-9(4-8-18-11)10(16)14-12(15)17/h4,8,13H,2-3,5-7H2,1H3,(H,14,16,17). The monoisotopic (exact) mass is 267 g/mol. The van der Waals surface area contributed by atoms with E-state index in [9.17, 15) is 9.59 Å². The first-order chi connectivity index (χ1) is 8.74. The van der Waals surface area contributed by atoms with Crippen LogP contribution >= 0.6 is 11.3 Å². The molecule has 0 fully saturated rings. The fourth-order valence-corrected chi connectivity index (χ4v) is 2.75. The van der Waals surface area contributed by atoms with Crippen LogP contribution in [0.2, 0.25) is 0 Å². The zero-order valence-electron chi connectivity index (χ0n) is 10.4. The van der Waals surface area contributed by atoms with Crippen LogP contribution in [0.4, 0.5) is 0 Å². The topological polar surface area (TPSA) is 66.9 Å². The van der Waals surface area contributed by atoms with E-state index in [0.29, 0.717) is 11.9 Å². The Bertz CT molecular complexity index is 626. The van der Waals surface area contributed by atoms with Crippen LogP contribution in [0.3, 0.4) is 0 Å². The summed E-state index contributed by atoms with van der Waals surface area (Å²) >= 11 is 1.43. The van der Waals surface area contributed by atoms with Gasteiger partial charge in [0, 0.05) is 13.1 Å². The minimum Gasteiger partial charge on any atom is -0.315 e. The molecule has 0 saturated carbocycles. The second kappa shape index (κ2) is 5.97. The summed E-state index contributed by atoms with van der Waals surface area (Å²) in [6.45, 7) is 4.42. The molecule has 98 valence electrons. The molecular formula is C12H17N3O2S. The number of fused-ring (bicyclic) bond motifs is 1. The Morgan fingerprint density at radius 3 is 3.00 bits per heavy atom. The van der Waals surface area contributed by atoms with E-state index in [0.717, 1.165) is 30.8 Å². The minimum absolute atomic E-state index is 0.300. The summed E-state index contributed by atoms with van der Waals surface area (Å²) in [6, 6.07) is 1.75. The molecule has 0 spiro atoms. The number of H-pyrrole nitrogens is 1. The van der Waals surface area contributed by atoms with E-state index in [-0.39, 0.29) is 11.2 Å². The maximum absolute atomic E-state index is 11.8. The van der Waals surface area contributed by atoms with E-state index >= 15 is 0 Å². The van der Waals surface area contributed by atoms with Gasteiger partial charge in [-0.1, -0.05) is 13.3 Å². The summed E-state index contributed by atoms with van der Waals surface area (Å²) in [6.07, 6.45) is 2.29. The molecule has 0 amide bonds. The molecule has 0 aliphatic rings. The highest BCUT2D eigenvalue weighted by Crippen LogP contribution is 2.14. The molecular weight excluding hydrogens is 250 g/mol. The second-order valence-electron chi connectivity index (χ2n) is 4.15. The van der Waals surface area contributed by atoms with E-state index in [1.165, 1.54) is 11.3 Å². The summed E-state index contributed by atoms with van der Waals surface area (Å²) in [7, 11) is 0. The number of aromatic nitrogens is 2. The Balaban J connectivity index is 2.15. The summed E-state index contributed by atoms with van der Waals surface area (Å²) in [5.74, 6) is 0. The molecule has 2 rings (SSSR count). The zero-order chi connectivity index (χ0) is 13.0. The molecule has 5 nitrogen and oxygen atoms in total.